The maximum Gasteiger partial charge on any atom is 0.253 e. The van der Waals surface area contributed by atoms with E-state index in [9.17, 15) is 9.59 Å². The number of carbonyl (C=O) groups is 2. The van der Waals surface area contributed by atoms with E-state index in [4.69, 9.17) is 4.98 Å². The minimum absolute atomic E-state index is 0.0314. The molecule has 4 aromatic rings. The lowest BCUT2D eigenvalue weighted by Gasteiger charge is -2.16. The maximum absolute atomic E-state index is 13.4. The third-order valence-corrected chi connectivity index (χ3v) is 5.43. The number of fused-ring (bicyclic) bond motifs is 3. The van der Waals surface area contributed by atoms with Crippen LogP contribution in [0.4, 0.5) is 11.6 Å². The summed E-state index contributed by atoms with van der Waals surface area (Å²) in [5.41, 5.74) is 4.32. The van der Waals surface area contributed by atoms with E-state index in [2.05, 4.69) is 10.3 Å². The van der Waals surface area contributed by atoms with Crippen LogP contribution in [0, 0.1) is 6.92 Å². The molecule has 1 aliphatic heterocycles. The lowest BCUT2D eigenvalue weighted by atomic mass is 10.1. The van der Waals surface area contributed by atoms with Gasteiger partial charge in [0.05, 0.1) is 24.0 Å². The molecule has 0 saturated heterocycles. The molecule has 3 heterocycles. The second-order valence-corrected chi connectivity index (χ2v) is 7.69. The van der Waals surface area contributed by atoms with Gasteiger partial charge in [-0.15, -0.1) is 0 Å². The van der Waals surface area contributed by atoms with Gasteiger partial charge in [-0.2, -0.15) is 0 Å². The van der Waals surface area contributed by atoms with Crippen molar-refractivity contribution < 1.29 is 9.59 Å². The number of benzene rings is 2. The maximum atomic E-state index is 13.4. The number of carbonyl (C=O) groups excluding carboxylic acids is 2. The third-order valence-electron chi connectivity index (χ3n) is 5.43. The van der Waals surface area contributed by atoms with Crippen LogP contribution in [0.1, 0.15) is 23.6 Å². The van der Waals surface area contributed by atoms with E-state index in [1.54, 1.807) is 17.3 Å². The number of hydrogen-bond donors (Lipinski definition) is 1. The van der Waals surface area contributed by atoms with Crippen molar-refractivity contribution in [2.24, 2.45) is 0 Å². The average molecular weight is 411 g/mol. The molecule has 0 fully saturated rings. The van der Waals surface area contributed by atoms with Crippen LogP contribution in [0.3, 0.4) is 0 Å². The van der Waals surface area contributed by atoms with Crippen LogP contribution in [0.5, 0.6) is 0 Å². The van der Waals surface area contributed by atoms with Crippen LogP contribution >= 0.6 is 0 Å². The van der Waals surface area contributed by atoms with Crippen LogP contribution in [0.2, 0.25) is 0 Å². The van der Waals surface area contributed by atoms with Gasteiger partial charge in [0.25, 0.3) is 5.91 Å². The Morgan fingerprint density at radius 1 is 1.10 bits per heavy atom. The van der Waals surface area contributed by atoms with Gasteiger partial charge in [0.15, 0.2) is 0 Å². The molecule has 0 radical (unpaired) electrons. The molecule has 0 saturated carbocycles. The second kappa shape index (κ2) is 7.68. The van der Waals surface area contributed by atoms with Gasteiger partial charge in [-0.3, -0.25) is 24.0 Å². The minimum Gasteiger partial charge on any atom is -0.326 e. The number of hydrogen-bond acceptors (Lipinski definition) is 4. The Morgan fingerprint density at radius 2 is 1.97 bits per heavy atom. The molecule has 0 spiro atoms. The molecule has 0 aliphatic carbocycles. The molecule has 7 heteroatoms. The zero-order valence-corrected chi connectivity index (χ0v) is 17.0. The molecule has 1 aliphatic rings. The summed E-state index contributed by atoms with van der Waals surface area (Å²) in [6.07, 6.45) is 3.46. The Kier molecular flexibility index (Phi) is 4.71. The highest BCUT2D eigenvalue weighted by Crippen LogP contribution is 2.37. The largest absolute Gasteiger partial charge is 0.326 e. The van der Waals surface area contributed by atoms with Crippen molar-refractivity contribution >= 4 is 34.5 Å². The first-order chi connectivity index (χ1) is 15.1. The summed E-state index contributed by atoms with van der Waals surface area (Å²) >= 11 is 0. The van der Waals surface area contributed by atoms with E-state index in [0.717, 1.165) is 27.8 Å². The zero-order chi connectivity index (χ0) is 21.4. The van der Waals surface area contributed by atoms with Crippen LogP contribution in [-0.2, 0) is 16.1 Å². The number of rotatable bonds is 5. The van der Waals surface area contributed by atoms with Crippen LogP contribution < -0.4 is 10.2 Å². The normalized spacial score (nSPS) is 15.3. The van der Waals surface area contributed by atoms with Gasteiger partial charge in [0, 0.05) is 18.1 Å². The Morgan fingerprint density at radius 3 is 2.77 bits per heavy atom. The Balaban J connectivity index is 1.47. The molecule has 31 heavy (non-hydrogen) atoms. The van der Waals surface area contributed by atoms with Gasteiger partial charge in [-0.25, -0.2) is 4.98 Å². The molecule has 0 unspecified atom stereocenters. The summed E-state index contributed by atoms with van der Waals surface area (Å²) in [6, 6.07) is 18.4. The van der Waals surface area contributed by atoms with E-state index < -0.39 is 6.04 Å². The van der Waals surface area contributed by atoms with Gasteiger partial charge in [-0.05, 0) is 48.4 Å². The quantitative estimate of drug-likeness (QED) is 0.541. The van der Waals surface area contributed by atoms with Gasteiger partial charge in [0.2, 0.25) is 11.9 Å². The molecule has 1 atom stereocenters. The fourth-order valence-corrected chi connectivity index (χ4v) is 4.03. The summed E-state index contributed by atoms with van der Waals surface area (Å²) in [7, 11) is 0. The van der Waals surface area contributed by atoms with E-state index in [1.165, 1.54) is 0 Å². The van der Waals surface area contributed by atoms with Crippen molar-refractivity contribution in [1.29, 1.82) is 0 Å². The summed E-state index contributed by atoms with van der Waals surface area (Å²) in [4.78, 5) is 36.7. The first-order valence-corrected chi connectivity index (χ1v) is 10.1. The smallest absolute Gasteiger partial charge is 0.253 e. The Hall–Kier alpha value is -4.00. The third kappa shape index (κ3) is 3.54. The van der Waals surface area contributed by atoms with E-state index in [1.807, 2.05) is 72.2 Å². The van der Waals surface area contributed by atoms with Gasteiger partial charge in [-0.1, -0.05) is 30.3 Å². The number of amides is 2. The fraction of sp³-hybridized carbons (Fsp3) is 0.167. The molecule has 154 valence electrons. The van der Waals surface area contributed by atoms with Crippen molar-refractivity contribution in [2.45, 2.75) is 25.9 Å². The minimum atomic E-state index is -0.649. The predicted octanol–water partition coefficient (Wildman–Crippen LogP) is 3.86. The highest BCUT2D eigenvalue weighted by atomic mass is 16.2. The lowest BCUT2D eigenvalue weighted by molar-refractivity contribution is -0.124. The van der Waals surface area contributed by atoms with Crippen molar-refractivity contribution in [2.75, 3.05) is 10.2 Å². The molecule has 0 bridgehead atoms. The molecule has 5 rings (SSSR count). The summed E-state index contributed by atoms with van der Waals surface area (Å²) in [5.74, 6) is 0.204. The number of nitrogens with one attached hydrogen (secondary N) is 1. The van der Waals surface area contributed by atoms with Gasteiger partial charge in [0.1, 0.15) is 6.04 Å². The summed E-state index contributed by atoms with van der Waals surface area (Å²) < 4.78 is 1.88. The summed E-state index contributed by atoms with van der Waals surface area (Å²) in [6.45, 7) is 2.32. The predicted molar refractivity (Wildman–Crippen MR) is 119 cm³/mol. The number of anilines is 2. The molecular formula is C24H21N5O2. The molecule has 7 nitrogen and oxygen atoms in total. The molecular weight excluding hydrogens is 390 g/mol. The van der Waals surface area contributed by atoms with Crippen LogP contribution in [-0.4, -0.2) is 26.3 Å². The van der Waals surface area contributed by atoms with E-state index in [0.29, 0.717) is 12.5 Å². The monoisotopic (exact) mass is 411 g/mol. The topological polar surface area (TPSA) is 80.1 Å². The van der Waals surface area contributed by atoms with Crippen molar-refractivity contribution in [3.05, 3.63) is 84.2 Å². The lowest BCUT2D eigenvalue weighted by Crippen LogP contribution is -2.31. The first-order valence-electron chi connectivity index (χ1n) is 10.1. The molecule has 2 aromatic heterocycles. The molecule has 1 N–H and O–H groups in total. The highest BCUT2D eigenvalue weighted by Gasteiger charge is 2.40. The van der Waals surface area contributed by atoms with Gasteiger partial charge >= 0.3 is 0 Å². The fourth-order valence-electron chi connectivity index (χ4n) is 4.03. The number of para-hydroxylation sites is 2. The molecule has 2 amide bonds. The Bertz CT molecular complexity index is 1280. The van der Waals surface area contributed by atoms with Crippen molar-refractivity contribution in [3.8, 4) is 0 Å². The number of imidazole rings is 1. The van der Waals surface area contributed by atoms with Crippen molar-refractivity contribution in [1.82, 2.24) is 14.5 Å². The zero-order valence-electron chi connectivity index (χ0n) is 17.0. The van der Waals surface area contributed by atoms with Crippen LogP contribution in [0.25, 0.3) is 11.0 Å². The van der Waals surface area contributed by atoms with E-state index >= 15 is 0 Å². The van der Waals surface area contributed by atoms with Crippen molar-refractivity contribution in [3.63, 3.8) is 0 Å². The standard InChI is InChI=1S/C24H21N5O2/c1-16-6-4-8-18(12-16)26-22(30)13-21-23(31)28(15-17-7-5-11-25-14-17)24-27-19-9-2-3-10-20(19)29(21)24/h2-12,14,21H,13,15H2,1H3,(H,26,30)/t21-/m0/s1. The highest BCUT2D eigenvalue weighted by molar-refractivity contribution is 6.05. The SMILES string of the molecule is Cc1cccc(NC(=O)C[C@H]2C(=O)N(Cc3cccnc3)c3nc4ccccc4n32)c1. The second-order valence-electron chi connectivity index (χ2n) is 7.69. The van der Waals surface area contributed by atoms with Crippen LogP contribution in [0.15, 0.2) is 73.1 Å². The Labute approximate surface area is 179 Å². The van der Waals surface area contributed by atoms with E-state index in [-0.39, 0.29) is 18.2 Å². The number of aromatic nitrogens is 3. The molecule has 2 aromatic carbocycles. The van der Waals surface area contributed by atoms with Gasteiger partial charge < -0.3 is 5.32 Å². The number of aryl methyl sites for hydroxylation is 1. The summed E-state index contributed by atoms with van der Waals surface area (Å²) in [5, 5.41) is 2.91. The number of nitrogens with zero attached hydrogens (tertiary/aromatic N) is 4. The first kappa shape index (κ1) is 19.0. The average Bonchev–Trinajstić information content (AvgIpc) is 3.25. The number of pyridine rings is 1.